The van der Waals surface area contributed by atoms with Crippen LogP contribution in [-0.4, -0.2) is 15.6 Å². The number of hydrogen-bond donors (Lipinski definition) is 0. The molecule has 0 amide bonds. The number of aryl methyl sites for hydroxylation is 1. The molecule has 0 bridgehead atoms. The van der Waals surface area contributed by atoms with Crippen LogP contribution in [0.15, 0.2) is 34.9 Å². The molecule has 0 unspecified atom stereocenters. The van der Waals surface area contributed by atoms with Crippen molar-refractivity contribution < 1.29 is 4.79 Å². The van der Waals surface area contributed by atoms with E-state index in [1.54, 1.807) is 22.9 Å². The van der Waals surface area contributed by atoms with Crippen LogP contribution in [0, 0.1) is 0 Å². The molecular weight excluding hydrogens is 304 g/mol. The van der Waals surface area contributed by atoms with Gasteiger partial charge >= 0.3 is 0 Å². The van der Waals surface area contributed by atoms with Crippen LogP contribution in [0.2, 0.25) is 5.02 Å². The van der Waals surface area contributed by atoms with E-state index in [2.05, 4.69) is 21.0 Å². The highest BCUT2D eigenvalue weighted by Crippen LogP contribution is 2.22. The zero-order valence-electron chi connectivity index (χ0n) is 9.15. The topological polar surface area (TPSA) is 34.9 Å². The van der Waals surface area contributed by atoms with Crippen molar-refractivity contribution in [1.82, 2.24) is 9.78 Å². The zero-order valence-corrected chi connectivity index (χ0v) is 11.5. The summed E-state index contributed by atoms with van der Waals surface area (Å²) in [6, 6.07) is 7.06. The van der Waals surface area contributed by atoms with E-state index in [0.29, 0.717) is 10.6 Å². The van der Waals surface area contributed by atoms with Gasteiger partial charge in [0.1, 0.15) is 0 Å². The Morgan fingerprint density at radius 3 is 2.82 bits per heavy atom. The first-order valence-electron chi connectivity index (χ1n) is 5.03. The van der Waals surface area contributed by atoms with Crippen molar-refractivity contribution in [2.75, 3.05) is 0 Å². The van der Waals surface area contributed by atoms with Gasteiger partial charge in [-0.1, -0.05) is 27.5 Å². The molecule has 0 N–H and O–H groups in total. The van der Waals surface area contributed by atoms with Gasteiger partial charge in [0, 0.05) is 23.3 Å². The third-order valence-corrected chi connectivity index (χ3v) is 3.15. The van der Waals surface area contributed by atoms with E-state index in [1.165, 1.54) is 0 Å². The van der Waals surface area contributed by atoms with Gasteiger partial charge in [-0.3, -0.25) is 9.48 Å². The average molecular weight is 314 g/mol. The minimum Gasteiger partial charge on any atom is -0.294 e. The molecule has 0 radical (unpaired) electrons. The van der Waals surface area contributed by atoms with Gasteiger partial charge < -0.3 is 0 Å². The molecule has 0 aliphatic carbocycles. The number of aromatic nitrogens is 2. The Morgan fingerprint density at radius 1 is 1.47 bits per heavy atom. The first-order valence-corrected chi connectivity index (χ1v) is 6.20. The van der Waals surface area contributed by atoms with Crippen molar-refractivity contribution in [3.63, 3.8) is 0 Å². The first kappa shape index (κ1) is 12.3. The molecule has 0 aliphatic heterocycles. The van der Waals surface area contributed by atoms with Crippen molar-refractivity contribution in [2.45, 2.75) is 6.42 Å². The maximum atomic E-state index is 12.0. The summed E-state index contributed by atoms with van der Waals surface area (Å²) < 4.78 is 2.53. The maximum Gasteiger partial charge on any atom is 0.170 e. The molecule has 88 valence electrons. The minimum atomic E-state index is -0.0267. The quantitative estimate of drug-likeness (QED) is 0.815. The molecule has 0 spiro atoms. The molecule has 1 heterocycles. The number of carbonyl (C=O) groups is 1. The number of Topliss-reactive ketones (excluding diaryl/α,β-unsaturated/α-hetero) is 1. The van der Waals surface area contributed by atoms with Crippen LogP contribution in [0.1, 0.15) is 16.1 Å². The summed E-state index contributed by atoms with van der Waals surface area (Å²) >= 11 is 9.32. The van der Waals surface area contributed by atoms with Gasteiger partial charge in [-0.2, -0.15) is 5.10 Å². The largest absolute Gasteiger partial charge is 0.294 e. The van der Waals surface area contributed by atoms with Crippen molar-refractivity contribution in [2.24, 2.45) is 7.05 Å². The van der Waals surface area contributed by atoms with Crippen molar-refractivity contribution >= 4 is 33.3 Å². The van der Waals surface area contributed by atoms with Crippen molar-refractivity contribution in [3.05, 3.63) is 51.2 Å². The highest BCUT2D eigenvalue weighted by atomic mass is 79.9. The van der Waals surface area contributed by atoms with Gasteiger partial charge in [0.2, 0.25) is 0 Å². The normalized spacial score (nSPS) is 10.5. The van der Waals surface area contributed by atoms with Gasteiger partial charge in [0.15, 0.2) is 5.78 Å². The first-order chi connectivity index (χ1) is 8.06. The number of benzene rings is 1. The Morgan fingerprint density at radius 2 is 2.24 bits per heavy atom. The summed E-state index contributed by atoms with van der Waals surface area (Å²) in [5.74, 6) is -0.0267. The van der Waals surface area contributed by atoms with Crippen LogP contribution in [0.3, 0.4) is 0 Å². The van der Waals surface area contributed by atoms with Crippen molar-refractivity contribution in [3.8, 4) is 0 Å². The predicted octanol–water partition coefficient (Wildman–Crippen LogP) is 3.26. The summed E-state index contributed by atoms with van der Waals surface area (Å²) in [6.07, 6.45) is 2.08. The molecule has 0 saturated carbocycles. The Labute approximate surface area is 113 Å². The lowest BCUT2D eigenvalue weighted by atomic mass is 10.1. The predicted molar refractivity (Wildman–Crippen MR) is 70.4 cm³/mol. The molecule has 2 aromatic rings. The summed E-state index contributed by atoms with van der Waals surface area (Å²) in [7, 11) is 1.82. The monoisotopic (exact) mass is 312 g/mol. The third kappa shape index (κ3) is 2.96. The maximum absolute atomic E-state index is 12.0. The minimum absolute atomic E-state index is 0.0267. The second kappa shape index (κ2) is 5.02. The molecule has 1 aromatic heterocycles. The van der Waals surface area contributed by atoms with Crippen LogP contribution >= 0.6 is 27.5 Å². The molecule has 2 rings (SSSR count). The fourth-order valence-corrected chi connectivity index (χ4v) is 2.31. The van der Waals surface area contributed by atoms with Crippen LogP contribution in [-0.2, 0) is 13.5 Å². The molecule has 3 nitrogen and oxygen atoms in total. The smallest absolute Gasteiger partial charge is 0.170 e. The highest BCUT2D eigenvalue weighted by Gasteiger charge is 2.12. The molecule has 0 atom stereocenters. The fourth-order valence-electron chi connectivity index (χ4n) is 1.53. The van der Waals surface area contributed by atoms with Gasteiger partial charge in [0.05, 0.1) is 17.1 Å². The molecule has 0 aliphatic rings. The second-order valence-corrected chi connectivity index (χ2v) is 5.03. The van der Waals surface area contributed by atoms with E-state index in [0.717, 1.165) is 10.2 Å². The van der Waals surface area contributed by atoms with Crippen LogP contribution in [0.5, 0.6) is 0 Å². The average Bonchev–Trinajstić information content (AvgIpc) is 2.63. The lowest BCUT2D eigenvalue weighted by molar-refractivity contribution is 0.0992. The van der Waals surface area contributed by atoms with Crippen LogP contribution in [0.25, 0.3) is 0 Å². The fraction of sp³-hybridized carbons (Fsp3) is 0.167. The third-order valence-electron chi connectivity index (χ3n) is 2.34. The Hall–Kier alpha value is -1.13. The number of rotatable bonds is 3. The lowest BCUT2D eigenvalue weighted by Gasteiger charge is -2.02. The Kier molecular flexibility index (Phi) is 3.64. The van der Waals surface area contributed by atoms with Gasteiger partial charge in [-0.25, -0.2) is 0 Å². The Bertz CT molecular complexity index is 565. The second-order valence-electron chi connectivity index (χ2n) is 3.70. The lowest BCUT2D eigenvalue weighted by Crippen LogP contribution is -2.05. The van der Waals surface area contributed by atoms with Crippen LogP contribution < -0.4 is 0 Å². The zero-order chi connectivity index (χ0) is 12.4. The molecule has 1 aromatic carbocycles. The van der Waals surface area contributed by atoms with E-state index in [4.69, 9.17) is 11.6 Å². The number of ketones is 1. The van der Waals surface area contributed by atoms with E-state index in [1.807, 2.05) is 19.3 Å². The molecule has 0 saturated heterocycles. The summed E-state index contributed by atoms with van der Waals surface area (Å²) in [6.45, 7) is 0. The number of carbonyl (C=O) groups excluding carboxylic acids is 1. The highest BCUT2D eigenvalue weighted by molar-refractivity contribution is 9.10. The summed E-state index contributed by atoms with van der Waals surface area (Å²) in [5.41, 5.74) is 1.28. The van der Waals surface area contributed by atoms with E-state index in [-0.39, 0.29) is 12.2 Å². The Balaban J connectivity index is 2.20. The van der Waals surface area contributed by atoms with Gasteiger partial charge in [0.25, 0.3) is 0 Å². The summed E-state index contributed by atoms with van der Waals surface area (Å²) in [4.78, 5) is 12.0. The number of nitrogens with zero attached hydrogens (tertiary/aromatic N) is 2. The van der Waals surface area contributed by atoms with E-state index < -0.39 is 0 Å². The summed E-state index contributed by atoms with van der Waals surface area (Å²) in [5, 5.41) is 4.63. The number of halogens is 2. The molecule has 17 heavy (non-hydrogen) atoms. The molecule has 0 fully saturated rings. The number of hydrogen-bond acceptors (Lipinski definition) is 2. The van der Waals surface area contributed by atoms with Crippen LogP contribution in [0.4, 0.5) is 0 Å². The van der Waals surface area contributed by atoms with Gasteiger partial charge in [-0.05, 0) is 24.3 Å². The van der Waals surface area contributed by atoms with Gasteiger partial charge in [-0.15, -0.1) is 0 Å². The SMILES string of the molecule is Cn1ccc(CC(=O)c2ccc(Br)cc2Cl)n1. The molecular formula is C12H10BrClN2O. The van der Waals surface area contributed by atoms with Crippen molar-refractivity contribution in [1.29, 1.82) is 0 Å². The molecule has 5 heteroatoms. The standard InChI is InChI=1S/C12H10BrClN2O/c1-16-5-4-9(15-16)7-12(17)10-3-2-8(13)6-11(10)14/h2-6H,7H2,1H3. The van der Waals surface area contributed by atoms with E-state index >= 15 is 0 Å². The van der Waals surface area contributed by atoms with E-state index in [9.17, 15) is 4.79 Å².